The van der Waals surface area contributed by atoms with E-state index >= 15 is 0 Å². The molecule has 0 aliphatic heterocycles. The molecule has 0 bridgehead atoms. The first-order chi connectivity index (χ1) is 6.52. The zero-order valence-electron chi connectivity index (χ0n) is 8.62. The largest absolute Gasteiger partial charge is 0.481 e. The number of aliphatic carboxylic acids is 1. The minimum atomic E-state index is -0.795. The molecule has 1 fully saturated rings. The molecule has 1 saturated carbocycles. The lowest BCUT2D eigenvalue weighted by Crippen LogP contribution is -2.41. The summed E-state index contributed by atoms with van der Waals surface area (Å²) in [6, 6.07) is -0.164. The Balaban J connectivity index is 2.51. The molecule has 0 saturated heterocycles. The van der Waals surface area contributed by atoms with Crippen molar-refractivity contribution < 1.29 is 14.7 Å². The van der Waals surface area contributed by atoms with Gasteiger partial charge in [0, 0.05) is 12.0 Å². The van der Waals surface area contributed by atoms with Crippen molar-refractivity contribution in [3.8, 4) is 0 Å². The first-order valence-electron chi connectivity index (χ1n) is 5.05. The van der Waals surface area contributed by atoms with Crippen molar-refractivity contribution in [2.75, 3.05) is 0 Å². The molecule has 0 aromatic heterocycles. The summed E-state index contributed by atoms with van der Waals surface area (Å²) in [5.74, 6) is -1.32. The Hall–Kier alpha value is -1.06. The van der Waals surface area contributed by atoms with E-state index in [4.69, 9.17) is 5.11 Å². The van der Waals surface area contributed by atoms with Gasteiger partial charge < -0.3 is 10.4 Å². The van der Waals surface area contributed by atoms with E-state index in [1.807, 2.05) is 0 Å². The van der Waals surface area contributed by atoms with E-state index in [1.165, 1.54) is 0 Å². The second-order valence-electron chi connectivity index (χ2n) is 4.15. The molecular formula is C10H17NO3. The normalized spacial score (nSPS) is 26.5. The molecule has 1 aliphatic rings. The molecule has 2 atom stereocenters. The maximum atomic E-state index is 11.4. The molecule has 2 unspecified atom stereocenters. The Kier molecular flexibility index (Phi) is 3.49. The fourth-order valence-corrected chi connectivity index (χ4v) is 1.78. The van der Waals surface area contributed by atoms with Crippen LogP contribution in [-0.2, 0) is 9.59 Å². The molecule has 4 heteroatoms. The zero-order valence-corrected chi connectivity index (χ0v) is 8.62. The quantitative estimate of drug-likeness (QED) is 0.713. The maximum absolute atomic E-state index is 11.4. The molecule has 0 heterocycles. The second-order valence-corrected chi connectivity index (χ2v) is 4.15. The molecule has 14 heavy (non-hydrogen) atoms. The highest BCUT2D eigenvalue weighted by atomic mass is 16.4. The van der Waals surface area contributed by atoms with Crippen LogP contribution >= 0.6 is 0 Å². The van der Waals surface area contributed by atoms with E-state index in [0.717, 1.165) is 12.8 Å². The second kappa shape index (κ2) is 4.44. The molecule has 0 radical (unpaired) electrons. The number of rotatable bonds is 3. The fourth-order valence-electron chi connectivity index (χ4n) is 1.78. The minimum Gasteiger partial charge on any atom is -0.481 e. The van der Waals surface area contributed by atoms with Gasteiger partial charge in [-0.1, -0.05) is 20.3 Å². The third-order valence-corrected chi connectivity index (χ3v) is 2.69. The summed E-state index contributed by atoms with van der Waals surface area (Å²) in [7, 11) is 0. The van der Waals surface area contributed by atoms with Gasteiger partial charge in [-0.25, -0.2) is 0 Å². The van der Waals surface area contributed by atoms with Crippen LogP contribution in [-0.4, -0.2) is 23.0 Å². The maximum Gasteiger partial charge on any atom is 0.308 e. The zero-order chi connectivity index (χ0) is 10.7. The number of nitrogens with one attached hydrogen (secondary N) is 1. The third-order valence-electron chi connectivity index (χ3n) is 2.69. The van der Waals surface area contributed by atoms with Crippen molar-refractivity contribution >= 4 is 11.9 Å². The van der Waals surface area contributed by atoms with E-state index < -0.39 is 11.9 Å². The molecule has 1 rings (SSSR count). The summed E-state index contributed by atoms with van der Waals surface area (Å²) >= 11 is 0. The van der Waals surface area contributed by atoms with E-state index in [0.29, 0.717) is 6.42 Å². The molecular weight excluding hydrogens is 182 g/mol. The lowest BCUT2D eigenvalue weighted by Gasteiger charge is -2.18. The Morgan fingerprint density at radius 2 is 2.00 bits per heavy atom. The number of carbonyl (C=O) groups excluding carboxylic acids is 1. The molecule has 0 spiro atoms. The van der Waals surface area contributed by atoms with E-state index in [-0.39, 0.29) is 17.9 Å². The van der Waals surface area contributed by atoms with Crippen LogP contribution in [0.4, 0.5) is 0 Å². The smallest absolute Gasteiger partial charge is 0.308 e. The van der Waals surface area contributed by atoms with Crippen LogP contribution in [0.2, 0.25) is 0 Å². The molecule has 2 N–H and O–H groups in total. The van der Waals surface area contributed by atoms with Crippen molar-refractivity contribution in [3.05, 3.63) is 0 Å². The van der Waals surface area contributed by atoms with Crippen molar-refractivity contribution in [1.29, 1.82) is 0 Å². The topological polar surface area (TPSA) is 66.4 Å². The first kappa shape index (κ1) is 11.0. The van der Waals surface area contributed by atoms with Crippen molar-refractivity contribution in [2.24, 2.45) is 11.8 Å². The molecule has 80 valence electrons. The van der Waals surface area contributed by atoms with Gasteiger partial charge in [0.2, 0.25) is 5.91 Å². The Morgan fingerprint density at radius 1 is 1.36 bits per heavy atom. The van der Waals surface area contributed by atoms with Gasteiger partial charge in [0.1, 0.15) is 0 Å². The van der Waals surface area contributed by atoms with Gasteiger partial charge in [-0.3, -0.25) is 9.59 Å². The van der Waals surface area contributed by atoms with Crippen LogP contribution in [0.25, 0.3) is 0 Å². The van der Waals surface area contributed by atoms with Crippen LogP contribution < -0.4 is 5.32 Å². The van der Waals surface area contributed by atoms with Gasteiger partial charge >= 0.3 is 5.97 Å². The van der Waals surface area contributed by atoms with Gasteiger partial charge in [-0.2, -0.15) is 0 Å². The lowest BCUT2D eigenvalue weighted by molar-refractivity contribution is -0.142. The number of amides is 1. The molecule has 1 aliphatic carbocycles. The standard InChI is InChI=1S/C10H17NO3/c1-6(2)9(12)11-8-5-3-4-7(8)10(13)14/h6-8H,3-5H2,1-2H3,(H,11,12)(H,13,14). The van der Waals surface area contributed by atoms with Gasteiger partial charge in [0.25, 0.3) is 0 Å². The highest BCUT2D eigenvalue weighted by Crippen LogP contribution is 2.25. The van der Waals surface area contributed by atoms with Crippen LogP contribution in [0, 0.1) is 11.8 Å². The highest BCUT2D eigenvalue weighted by molar-refractivity contribution is 5.79. The summed E-state index contributed by atoms with van der Waals surface area (Å²) in [5, 5.41) is 11.7. The average molecular weight is 199 g/mol. The Labute approximate surface area is 83.7 Å². The summed E-state index contributed by atoms with van der Waals surface area (Å²) in [6.45, 7) is 3.61. The number of hydrogen-bond donors (Lipinski definition) is 2. The third kappa shape index (κ3) is 2.47. The summed E-state index contributed by atoms with van der Waals surface area (Å²) < 4.78 is 0. The van der Waals surface area contributed by atoms with E-state index in [2.05, 4.69) is 5.32 Å². The van der Waals surface area contributed by atoms with Crippen molar-refractivity contribution in [3.63, 3.8) is 0 Å². The first-order valence-corrected chi connectivity index (χ1v) is 5.05. The van der Waals surface area contributed by atoms with Crippen LogP contribution in [0.15, 0.2) is 0 Å². The van der Waals surface area contributed by atoms with E-state index in [9.17, 15) is 9.59 Å². The van der Waals surface area contributed by atoms with Crippen molar-refractivity contribution in [2.45, 2.75) is 39.2 Å². The number of carboxylic acid groups (broad SMARTS) is 1. The van der Waals surface area contributed by atoms with E-state index in [1.54, 1.807) is 13.8 Å². The monoisotopic (exact) mass is 199 g/mol. The average Bonchev–Trinajstić information content (AvgIpc) is 2.52. The van der Waals surface area contributed by atoms with Gasteiger partial charge in [-0.05, 0) is 12.8 Å². The fraction of sp³-hybridized carbons (Fsp3) is 0.800. The number of hydrogen-bond acceptors (Lipinski definition) is 2. The molecule has 0 aromatic rings. The lowest BCUT2D eigenvalue weighted by atomic mass is 10.0. The molecule has 4 nitrogen and oxygen atoms in total. The van der Waals surface area contributed by atoms with Gasteiger partial charge in [-0.15, -0.1) is 0 Å². The number of carbonyl (C=O) groups is 2. The van der Waals surface area contributed by atoms with Gasteiger partial charge in [0.15, 0.2) is 0 Å². The molecule has 0 aromatic carbocycles. The van der Waals surface area contributed by atoms with Crippen LogP contribution in [0.5, 0.6) is 0 Å². The summed E-state index contributed by atoms with van der Waals surface area (Å²) in [5.41, 5.74) is 0. The van der Waals surface area contributed by atoms with Crippen molar-refractivity contribution in [1.82, 2.24) is 5.32 Å². The SMILES string of the molecule is CC(C)C(=O)NC1CCCC1C(=O)O. The van der Waals surface area contributed by atoms with Crippen LogP contribution in [0.3, 0.4) is 0 Å². The van der Waals surface area contributed by atoms with Crippen LogP contribution in [0.1, 0.15) is 33.1 Å². The van der Waals surface area contributed by atoms with Gasteiger partial charge in [0.05, 0.1) is 5.92 Å². The number of carboxylic acids is 1. The highest BCUT2D eigenvalue weighted by Gasteiger charge is 2.33. The Bertz CT molecular complexity index is 238. The Morgan fingerprint density at radius 3 is 2.50 bits per heavy atom. The predicted octanol–water partition coefficient (Wildman–Crippen LogP) is 1.01. The minimum absolute atomic E-state index is 0.0526. The predicted molar refractivity (Wildman–Crippen MR) is 51.7 cm³/mol. The molecule has 1 amide bonds. The summed E-state index contributed by atoms with van der Waals surface area (Å²) in [6.07, 6.45) is 2.35. The summed E-state index contributed by atoms with van der Waals surface area (Å²) in [4.78, 5) is 22.2.